The van der Waals surface area contributed by atoms with Gasteiger partial charge in [0.05, 0.1) is 11.5 Å². The molecule has 1 rings (SSSR count). The summed E-state index contributed by atoms with van der Waals surface area (Å²) in [6.07, 6.45) is 1.47. The number of rotatable bonds is 7. The minimum Gasteiger partial charge on any atom is -0.395 e. The Hall–Kier alpha value is -0.910. The van der Waals surface area contributed by atoms with E-state index in [1.807, 2.05) is 46.8 Å². The van der Waals surface area contributed by atoms with Crippen LogP contribution in [0.15, 0.2) is 17.0 Å². The van der Waals surface area contributed by atoms with Crippen LogP contribution in [0, 0.1) is 20.8 Å². The number of benzene rings is 1. The Balaban J connectivity index is 3.43. The maximum absolute atomic E-state index is 13.0. The van der Waals surface area contributed by atoms with Gasteiger partial charge in [-0.2, -0.15) is 4.31 Å². The number of nitrogens with zero attached hydrogens (tertiary/aromatic N) is 1. The van der Waals surface area contributed by atoms with Crippen molar-refractivity contribution >= 4 is 10.0 Å². The summed E-state index contributed by atoms with van der Waals surface area (Å²) in [6, 6.07) is 3.70. The Labute approximate surface area is 128 Å². The third-order valence-electron chi connectivity index (χ3n) is 3.84. The molecule has 0 bridgehead atoms. The summed E-state index contributed by atoms with van der Waals surface area (Å²) >= 11 is 0. The number of aliphatic hydroxyl groups excluding tert-OH is 1. The Morgan fingerprint density at radius 3 is 1.95 bits per heavy atom. The molecular formula is C16H27NO3S. The van der Waals surface area contributed by atoms with Gasteiger partial charge in [-0.1, -0.05) is 31.5 Å². The van der Waals surface area contributed by atoms with Crippen LogP contribution in [0.3, 0.4) is 0 Å². The van der Waals surface area contributed by atoms with Gasteiger partial charge in [-0.05, 0) is 44.7 Å². The molecule has 0 fully saturated rings. The second-order valence-electron chi connectivity index (χ2n) is 5.54. The molecule has 0 radical (unpaired) electrons. The fourth-order valence-corrected chi connectivity index (χ4v) is 5.16. The lowest BCUT2D eigenvalue weighted by molar-refractivity contribution is 0.219. The molecule has 1 aromatic carbocycles. The first kappa shape index (κ1) is 18.1. The maximum Gasteiger partial charge on any atom is 0.243 e. The second-order valence-corrected chi connectivity index (χ2v) is 7.36. The van der Waals surface area contributed by atoms with E-state index >= 15 is 0 Å². The molecule has 1 aromatic rings. The van der Waals surface area contributed by atoms with Gasteiger partial charge in [-0.25, -0.2) is 8.42 Å². The van der Waals surface area contributed by atoms with Gasteiger partial charge in [0, 0.05) is 12.6 Å². The highest BCUT2D eigenvalue weighted by molar-refractivity contribution is 7.89. The minimum absolute atomic E-state index is 0.0812. The van der Waals surface area contributed by atoms with Gasteiger partial charge in [0.25, 0.3) is 0 Å². The molecule has 0 spiro atoms. The van der Waals surface area contributed by atoms with Crippen LogP contribution in [0.25, 0.3) is 0 Å². The molecule has 0 saturated heterocycles. The first-order valence-electron chi connectivity index (χ1n) is 7.50. The molecule has 0 aromatic heterocycles. The van der Waals surface area contributed by atoms with Crippen molar-refractivity contribution in [2.24, 2.45) is 0 Å². The van der Waals surface area contributed by atoms with Crippen molar-refractivity contribution in [3.63, 3.8) is 0 Å². The zero-order valence-corrected chi connectivity index (χ0v) is 14.5. The largest absolute Gasteiger partial charge is 0.395 e. The molecule has 0 aliphatic rings. The van der Waals surface area contributed by atoms with E-state index in [4.69, 9.17) is 0 Å². The van der Waals surface area contributed by atoms with E-state index in [1.165, 1.54) is 4.31 Å². The van der Waals surface area contributed by atoms with Gasteiger partial charge in [-0.15, -0.1) is 0 Å². The van der Waals surface area contributed by atoms with Crippen LogP contribution in [0.1, 0.15) is 43.4 Å². The number of hydrogen-bond donors (Lipinski definition) is 1. The van der Waals surface area contributed by atoms with Crippen molar-refractivity contribution in [3.05, 3.63) is 28.8 Å². The average Bonchev–Trinajstić information content (AvgIpc) is 2.37. The lowest BCUT2D eigenvalue weighted by atomic mass is 10.1. The van der Waals surface area contributed by atoms with E-state index < -0.39 is 10.0 Å². The number of hydrogen-bond acceptors (Lipinski definition) is 3. The lowest BCUT2D eigenvalue weighted by Crippen LogP contribution is -2.42. The summed E-state index contributed by atoms with van der Waals surface area (Å²) in [4.78, 5) is 0.383. The normalized spacial score (nSPS) is 12.4. The monoisotopic (exact) mass is 313 g/mol. The topological polar surface area (TPSA) is 57.6 Å². The van der Waals surface area contributed by atoms with Gasteiger partial charge in [0.2, 0.25) is 10.0 Å². The van der Waals surface area contributed by atoms with Gasteiger partial charge >= 0.3 is 0 Å². The molecule has 0 aliphatic carbocycles. The molecular weight excluding hydrogens is 286 g/mol. The Morgan fingerprint density at radius 1 is 1.10 bits per heavy atom. The Kier molecular flexibility index (Phi) is 6.38. The van der Waals surface area contributed by atoms with E-state index in [1.54, 1.807) is 0 Å². The van der Waals surface area contributed by atoms with Crippen molar-refractivity contribution in [2.75, 3.05) is 13.2 Å². The van der Waals surface area contributed by atoms with Gasteiger partial charge in [-0.3, -0.25) is 0 Å². The smallest absolute Gasteiger partial charge is 0.243 e. The van der Waals surface area contributed by atoms with Crippen molar-refractivity contribution in [1.29, 1.82) is 0 Å². The van der Waals surface area contributed by atoms with Gasteiger partial charge < -0.3 is 5.11 Å². The van der Waals surface area contributed by atoms with E-state index in [0.717, 1.165) is 29.5 Å². The molecule has 0 aliphatic heterocycles. The first-order chi connectivity index (χ1) is 9.79. The Bertz CT molecular complexity index is 554. The summed E-state index contributed by atoms with van der Waals surface area (Å²) < 4.78 is 27.6. The second kappa shape index (κ2) is 7.38. The standard InChI is InChI=1S/C16H27NO3S/c1-6-15(7-2)17(8-9-18)21(19,20)16-13(4)10-12(3)11-14(16)5/h10-11,15,18H,6-9H2,1-5H3. The molecule has 0 amide bonds. The van der Waals surface area contributed by atoms with Gasteiger partial charge in [0.15, 0.2) is 0 Å². The lowest BCUT2D eigenvalue weighted by Gasteiger charge is -2.30. The van der Waals surface area contributed by atoms with Crippen molar-refractivity contribution in [2.45, 2.75) is 58.4 Å². The fourth-order valence-electron chi connectivity index (χ4n) is 2.98. The van der Waals surface area contributed by atoms with Crippen LogP contribution >= 0.6 is 0 Å². The predicted octanol–water partition coefficient (Wildman–Crippen LogP) is 2.78. The summed E-state index contributed by atoms with van der Waals surface area (Å²) in [5.41, 5.74) is 2.59. The zero-order valence-electron chi connectivity index (χ0n) is 13.7. The fraction of sp³-hybridized carbons (Fsp3) is 0.625. The zero-order chi connectivity index (χ0) is 16.2. The van der Waals surface area contributed by atoms with Crippen LogP contribution in [0.5, 0.6) is 0 Å². The van der Waals surface area contributed by atoms with Crippen LogP contribution in [0.4, 0.5) is 0 Å². The third-order valence-corrected chi connectivity index (χ3v) is 6.10. The molecule has 4 nitrogen and oxygen atoms in total. The molecule has 0 unspecified atom stereocenters. The van der Waals surface area contributed by atoms with E-state index in [9.17, 15) is 13.5 Å². The molecule has 0 saturated carbocycles. The van der Waals surface area contributed by atoms with E-state index in [2.05, 4.69) is 0 Å². The maximum atomic E-state index is 13.0. The highest BCUT2D eigenvalue weighted by atomic mass is 32.2. The molecule has 21 heavy (non-hydrogen) atoms. The summed E-state index contributed by atoms with van der Waals surface area (Å²) in [6.45, 7) is 9.55. The SMILES string of the molecule is CCC(CC)N(CCO)S(=O)(=O)c1c(C)cc(C)cc1C. The number of aryl methyl sites for hydroxylation is 3. The van der Waals surface area contributed by atoms with Crippen LogP contribution in [0.2, 0.25) is 0 Å². The van der Waals surface area contributed by atoms with E-state index in [0.29, 0.717) is 4.90 Å². The van der Waals surface area contributed by atoms with Crippen molar-refractivity contribution < 1.29 is 13.5 Å². The molecule has 5 heteroatoms. The highest BCUT2D eigenvalue weighted by Crippen LogP contribution is 2.27. The molecule has 0 heterocycles. The third kappa shape index (κ3) is 3.84. The summed E-state index contributed by atoms with van der Waals surface area (Å²) in [7, 11) is -3.59. The highest BCUT2D eigenvalue weighted by Gasteiger charge is 2.31. The Morgan fingerprint density at radius 2 is 1.57 bits per heavy atom. The molecule has 1 N–H and O–H groups in total. The average molecular weight is 313 g/mol. The first-order valence-corrected chi connectivity index (χ1v) is 8.94. The van der Waals surface area contributed by atoms with Crippen LogP contribution < -0.4 is 0 Å². The van der Waals surface area contributed by atoms with Crippen molar-refractivity contribution in [3.8, 4) is 0 Å². The number of sulfonamides is 1. The quantitative estimate of drug-likeness (QED) is 0.842. The minimum atomic E-state index is -3.59. The van der Waals surface area contributed by atoms with Crippen LogP contribution in [-0.4, -0.2) is 37.0 Å². The molecule has 0 atom stereocenters. The van der Waals surface area contributed by atoms with Gasteiger partial charge in [0.1, 0.15) is 0 Å². The molecule has 120 valence electrons. The van der Waals surface area contributed by atoms with E-state index in [-0.39, 0.29) is 19.2 Å². The van der Waals surface area contributed by atoms with Crippen molar-refractivity contribution in [1.82, 2.24) is 4.31 Å². The van der Waals surface area contributed by atoms with Crippen LogP contribution in [-0.2, 0) is 10.0 Å². The summed E-state index contributed by atoms with van der Waals surface area (Å²) in [5, 5.41) is 9.26. The predicted molar refractivity (Wildman–Crippen MR) is 86.0 cm³/mol. The summed E-state index contributed by atoms with van der Waals surface area (Å²) in [5.74, 6) is 0. The number of aliphatic hydroxyl groups is 1.